The van der Waals surface area contributed by atoms with Crippen molar-refractivity contribution in [3.05, 3.63) is 35.1 Å². The van der Waals surface area contributed by atoms with Crippen LogP contribution in [0.5, 0.6) is 0 Å². The molecule has 0 aromatic heterocycles. The van der Waals surface area contributed by atoms with Crippen molar-refractivity contribution >= 4 is 5.97 Å². The normalized spacial score (nSPS) is 18.9. The van der Waals surface area contributed by atoms with Gasteiger partial charge in [0.15, 0.2) is 0 Å². The van der Waals surface area contributed by atoms with E-state index in [1.807, 2.05) is 7.05 Å². The summed E-state index contributed by atoms with van der Waals surface area (Å²) in [5.74, 6) is -1.38. The third kappa shape index (κ3) is 4.03. The van der Waals surface area contributed by atoms with Crippen LogP contribution < -0.4 is 0 Å². The first kappa shape index (κ1) is 16.0. The van der Waals surface area contributed by atoms with Crippen LogP contribution in [0.1, 0.15) is 55.5 Å². The van der Waals surface area contributed by atoms with Crippen LogP contribution in [-0.2, 0) is 6.54 Å². The molecule has 0 spiro atoms. The summed E-state index contributed by atoms with van der Waals surface area (Å²) in [5.41, 5.74) is 1.15. The lowest BCUT2D eigenvalue weighted by molar-refractivity contribution is 0.0693. The van der Waals surface area contributed by atoms with Gasteiger partial charge in [-0.05, 0) is 61.9 Å². The monoisotopic (exact) mass is 293 g/mol. The minimum atomic E-state index is -0.997. The minimum Gasteiger partial charge on any atom is -0.478 e. The van der Waals surface area contributed by atoms with Crippen molar-refractivity contribution < 1.29 is 14.3 Å². The fourth-order valence-electron chi connectivity index (χ4n) is 3.12. The number of rotatable bonds is 4. The molecule has 1 N–H and O–H groups in total. The Morgan fingerprint density at radius 1 is 1.38 bits per heavy atom. The summed E-state index contributed by atoms with van der Waals surface area (Å²) < 4.78 is 13.4. The summed E-state index contributed by atoms with van der Waals surface area (Å²) in [5, 5.41) is 9.21. The molecule has 4 heteroatoms. The number of aromatic carboxylic acids is 1. The van der Waals surface area contributed by atoms with Gasteiger partial charge in [-0.2, -0.15) is 0 Å². The van der Waals surface area contributed by atoms with Gasteiger partial charge in [0.1, 0.15) is 5.82 Å². The van der Waals surface area contributed by atoms with Crippen LogP contribution in [0.4, 0.5) is 4.39 Å². The Morgan fingerprint density at radius 3 is 2.57 bits per heavy atom. The second kappa shape index (κ2) is 6.14. The molecule has 0 aliphatic heterocycles. The van der Waals surface area contributed by atoms with Gasteiger partial charge in [0, 0.05) is 12.6 Å². The van der Waals surface area contributed by atoms with Crippen molar-refractivity contribution in [1.82, 2.24) is 4.90 Å². The maximum Gasteiger partial charge on any atom is 0.336 e. The number of carbonyl (C=O) groups is 1. The summed E-state index contributed by atoms with van der Waals surface area (Å²) in [6, 6.07) is 4.34. The van der Waals surface area contributed by atoms with Crippen molar-refractivity contribution in [1.29, 1.82) is 0 Å². The van der Waals surface area contributed by atoms with Gasteiger partial charge in [-0.1, -0.05) is 13.8 Å². The van der Waals surface area contributed by atoms with E-state index >= 15 is 0 Å². The van der Waals surface area contributed by atoms with E-state index in [0.29, 0.717) is 23.6 Å². The number of halogens is 1. The summed E-state index contributed by atoms with van der Waals surface area (Å²) in [7, 11) is 2.00. The number of benzene rings is 1. The smallest absolute Gasteiger partial charge is 0.336 e. The quantitative estimate of drug-likeness (QED) is 0.914. The Morgan fingerprint density at radius 2 is 2.00 bits per heavy atom. The zero-order valence-corrected chi connectivity index (χ0v) is 13.0. The number of carboxylic acid groups (broad SMARTS) is 1. The van der Waals surface area contributed by atoms with E-state index in [9.17, 15) is 14.3 Å². The molecule has 1 fully saturated rings. The molecule has 1 aliphatic carbocycles. The lowest BCUT2D eigenvalue weighted by Gasteiger charge is -2.38. The fraction of sp³-hybridized carbons (Fsp3) is 0.588. The van der Waals surface area contributed by atoms with Crippen molar-refractivity contribution in [2.75, 3.05) is 7.05 Å². The molecule has 0 heterocycles. The SMILES string of the molecule is CN(Cc1cc(F)ccc1C(=O)O)C1CCC(C)(C)CC1. The standard InChI is InChI=1S/C17H24FNO2/c1-17(2)8-6-14(7-9-17)19(3)11-12-10-13(18)4-5-15(12)16(20)21/h4-5,10,14H,6-9,11H2,1-3H3,(H,20,21). The Kier molecular flexibility index (Phi) is 4.67. The highest BCUT2D eigenvalue weighted by atomic mass is 19.1. The Bertz CT molecular complexity index is 518. The van der Waals surface area contributed by atoms with Crippen LogP contribution >= 0.6 is 0 Å². The molecule has 3 nitrogen and oxygen atoms in total. The molecule has 0 unspecified atom stereocenters. The molecule has 116 valence electrons. The fourth-order valence-corrected chi connectivity index (χ4v) is 3.12. The van der Waals surface area contributed by atoms with Crippen molar-refractivity contribution in [3.63, 3.8) is 0 Å². The highest BCUT2D eigenvalue weighted by Gasteiger charge is 2.29. The van der Waals surface area contributed by atoms with E-state index in [2.05, 4.69) is 18.7 Å². The van der Waals surface area contributed by atoms with Gasteiger partial charge in [0.25, 0.3) is 0 Å². The van der Waals surface area contributed by atoms with E-state index in [0.717, 1.165) is 12.8 Å². The van der Waals surface area contributed by atoms with Gasteiger partial charge in [-0.15, -0.1) is 0 Å². The average molecular weight is 293 g/mol. The van der Waals surface area contributed by atoms with Gasteiger partial charge < -0.3 is 5.11 Å². The van der Waals surface area contributed by atoms with Crippen LogP contribution in [0, 0.1) is 11.2 Å². The first-order chi connectivity index (χ1) is 9.78. The second-order valence-corrected chi connectivity index (χ2v) is 6.92. The van der Waals surface area contributed by atoms with E-state index in [4.69, 9.17) is 0 Å². The largest absolute Gasteiger partial charge is 0.478 e. The van der Waals surface area contributed by atoms with E-state index in [1.54, 1.807) is 0 Å². The van der Waals surface area contributed by atoms with Gasteiger partial charge in [0.05, 0.1) is 5.56 Å². The molecule has 1 saturated carbocycles. The van der Waals surface area contributed by atoms with Crippen molar-refractivity contribution in [2.24, 2.45) is 5.41 Å². The number of hydrogen-bond acceptors (Lipinski definition) is 2. The molecule has 0 amide bonds. The van der Waals surface area contributed by atoms with E-state index in [1.165, 1.54) is 31.0 Å². The molecule has 0 atom stereocenters. The molecular formula is C17H24FNO2. The zero-order chi connectivity index (χ0) is 15.6. The Hall–Kier alpha value is -1.42. The van der Waals surface area contributed by atoms with Gasteiger partial charge in [-0.25, -0.2) is 9.18 Å². The molecule has 0 bridgehead atoms. The lowest BCUT2D eigenvalue weighted by atomic mass is 9.75. The molecular weight excluding hydrogens is 269 g/mol. The molecule has 1 aromatic carbocycles. The lowest BCUT2D eigenvalue weighted by Crippen LogP contribution is -2.37. The maximum absolute atomic E-state index is 13.4. The predicted molar refractivity (Wildman–Crippen MR) is 80.9 cm³/mol. The molecule has 2 rings (SSSR count). The summed E-state index contributed by atoms with van der Waals surface area (Å²) in [4.78, 5) is 13.4. The van der Waals surface area contributed by atoms with Crippen LogP contribution in [0.2, 0.25) is 0 Å². The molecule has 1 aliphatic rings. The number of nitrogens with zero attached hydrogens (tertiary/aromatic N) is 1. The van der Waals surface area contributed by atoms with E-state index in [-0.39, 0.29) is 11.4 Å². The Labute approximate surface area is 125 Å². The van der Waals surface area contributed by atoms with Gasteiger partial charge >= 0.3 is 5.97 Å². The summed E-state index contributed by atoms with van der Waals surface area (Å²) in [6.07, 6.45) is 4.58. The summed E-state index contributed by atoms with van der Waals surface area (Å²) >= 11 is 0. The third-order valence-corrected chi connectivity index (χ3v) is 4.65. The third-order valence-electron chi connectivity index (χ3n) is 4.65. The predicted octanol–water partition coefficient (Wildman–Crippen LogP) is 3.92. The number of hydrogen-bond donors (Lipinski definition) is 1. The first-order valence-corrected chi connectivity index (χ1v) is 7.50. The van der Waals surface area contributed by atoms with Crippen molar-refractivity contribution in [3.8, 4) is 0 Å². The van der Waals surface area contributed by atoms with Crippen molar-refractivity contribution in [2.45, 2.75) is 52.1 Å². The van der Waals surface area contributed by atoms with Crippen LogP contribution in [0.3, 0.4) is 0 Å². The highest BCUT2D eigenvalue weighted by molar-refractivity contribution is 5.89. The van der Waals surface area contributed by atoms with Crippen LogP contribution in [0.15, 0.2) is 18.2 Å². The molecule has 0 saturated heterocycles. The van der Waals surface area contributed by atoms with Crippen LogP contribution in [-0.4, -0.2) is 29.1 Å². The average Bonchev–Trinajstić information content (AvgIpc) is 2.38. The minimum absolute atomic E-state index is 0.194. The Balaban J connectivity index is 2.08. The van der Waals surface area contributed by atoms with E-state index < -0.39 is 5.97 Å². The molecule has 0 radical (unpaired) electrons. The zero-order valence-electron chi connectivity index (χ0n) is 13.0. The molecule has 1 aromatic rings. The first-order valence-electron chi connectivity index (χ1n) is 7.50. The molecule has 21 heavy (non-hydrogen) atoms. The second-order valence-electron chi connectivity index (χ2n) is 6.92. The van der Waals surface area contributed by atoms with Gasteiger partial charge in [-0.3, -0.25) is 4.90 Å². The topological polar surface area (TPSA) is 40.5 Å². The highest BCUT2D eigenvalue weighted by Crippen LogP contribution is 2.37. The van der Waals surface area contributed by atoms with Gasteiger partial charge in [0.2, 0.25) is 0 Å². The summed E-state index contributed by atoms with van der Waals surface area (Å²) in [6.45, 7) is 5.06. The van der Waals surface area contributed by atoms with Crippen LogP contribution in [0.25, 0.3) is 0 Å². The maximum atomic E-state index is 13.4. The number of carboxylic acids is 1.